The van der Waals surface area contributed by atoms with Gasteiger partial charge in [0.15, 0.2) is 0 Å². The van der Waals surface area contributed by atoms with Crippen LogP contribution in [0.1, 0.15) is 34.4 Å². The summed E-state index contributed by atoms with van der Waals surface area (Å²) in [6.07, 6.45) is 1.76. The van der Waals surface area contributed by atoms with E-state index in [4.69, 9.17) is 9.26 Å². The summed E-state index contributed by atoms with van der Waals surface area (Å²) in [6.45, 7) is 0.707. The van der Waals surface area contributed by atoms with E-state index in [9.17, 15) is 4.79 Å². The van der Waals surface area contributed by atoms with Gasteiger partial charge in [-0.3, -0.25) is 4.79 Å². The van der Waals surface area contributed by atoms with Gasteiger partial charge < -0.3 is 14.2 Å². The van der Waals surface area contributed by atoms with Crippen molar-refractivity contribution < 1.29 is 14.1 Å². The molecule has 0 aliphatic carbocycles. The SMILES string of the molecule is COc1cccc(-c2noc(C3CCCN3C(=O)c3cccs3)n2)c1. The second-order valence-corrected chi connectivity index (χ2v) is 6.77. The third-order valence-electron chi connectivity index (χ3n) is 4.30. The highest BCUT2D eigenvalue weighted by Gasteiger charge is 2.34. The zero-order valence-corrected chi connectivity index (χ0v) is 14.5. The molecule has 7 heteroatoms. The molecular formula is C18H17N3O3S. The first-order valence-electron chi connectivity index (χ1n) is 8.09. The fourth-order valence-corrected chi connectivity index (χ4v) is 3.74. The van der Waals surface area contributed by atoms with Crippen LogP contribution in [0, 0.1) is 0 Å². The molecule has 1 amide bonds. The Morgan fingerprint density at radius 2 is 2.28 bits per heavy atom. The van der Waals surface area contributed by atoms with Crippen LogP contribution in [-0.4, -0.2) is 34.6 Å². The van der Waals surface area contributed by atoms with Gasteiger partial charge in [-0.1, -0.05) is 23.4 Å². The first-order chi connectivity index (χ1) is 12.3. The molecule has 0 bridgehead atoms. The summed E-state index contributed by atoms with van der Waals surface area (Å²) >= 11 is 1.45. The number of ether oxygens (including phenoxy) is 1. The molecule has 2 aromatic heterocycles. The van der Waals surface area contributed by atoms with E-state index in [2.05, 4.69) is 10.1 Å². The highest BCUT2D eigenvalue weighted by Crippen LogP contribution is 2.34. The van der Waals surface area contributed by atoms with Crippen molar-refractivity contribution in [1.82, 2.24) is 15.0 Å². The van der Waals surface area contributed by atoms with E-state index in [0.717, 1.165) is 29.0 Å². The third-order valence-corrected chi connectivity index (χ3v) is 5.16. The Hall–Kier alpha value is -2.67. The molecule has 1 aliphatic rings. The topological polar surface area (TPSA) is 68.5 Å². The predicted octanol–water partition coefficient (Wildman–Crippen LogP) is 3.78. The number of hydrogen-bond acceptors (Lipinski definition) is 6. The smallest absolute Gasteiger partial charge is 0.264 e. The van der Waals surface area contributed by atoms with Crippen molar-refractivity contribution in [3.63, 3.8) is 0 Å². The molecule has 0 radical (unpaired) electrons. The summed E-state index contributed by atoms with van der Waals surface area (Å²) in [4.78, 5) is 19.8. The molecule has 1 atom stereocenters. The van der Waals surface area contributed by atoms with Crippen LogP contribution in [0.3, 0.4) is 0 Å². The lowest BCUT2D eigenvalue weighted by atomic mass is 10.2. The van der Waals surface area contributed by atoms with Gasteiger partial charge in [0.1, 0.15) is 11.8 Å². The zero-order valence-electron chi connectivity index (χ0n) is 13.7. The Bertz CT molecular complexity index is 875. The zero-order chi connectivity index (χ0) is 17.2. The van der Waals surface area contributed by atoms with Crippen LogP contribution in [0.4, 0.5) is 0 Å². The van der Waals surface area contributed by atoms with Gasteiger partial charge in [0.2, 0.25) is 11.7 Å². The van der Waals surface area contributed by atoms with Gasteiger partial charge in [-0.25, -0.2) is 0 Å². The normalized spacial score (nSPS) is 17.0. The number of rotatable bonds is 4. The van der Waals surface area contributed by atoms with Gasteiger partial charge in [-0.2, -0.15) is 4.98 Å². The first kappa shape index (κ1) is 15.8. The quantitative estimate of drug-likeness (QED) is 0.712. The maximum absolute atomic E-state index is 12.7. The lowest BCUT2D eigenvalue weighted by Crippen LogP contribution is -2.30. The van der Waals surface area contributed by atoms with Crippen molar-refractivity contribution >= 4 is 17.2 Å². The molecule has 128 valence electrons. The second-order valence-electron chi connectivity index (χ2n) is 5.82. The molecule has 0 N–H and O–H groups in total. The highest BCUT2D eigenvalue weighted by molar-refractivity contribution is 7.12. The van der Waals surface area contributed by atoms with Gasteiger partial charge in [0.05, 0.1) is 12.0 Å². The summed E-state index contributed by atoms with van der Waals surface area (Å²) in [5.74, 6) is 1.75. The van der Waals surface area contributed by atoms with Crippen LogP contribution in [-0.2, 0) is 0 Å². The van der Waals surface area contributed by atoms with Crippen LogP contribution in [0.5, 0.6) is 5.75 Å². The molecule has 1 fully saturated rings. The lowest BCUT2D eigenvalue weighted by molar-refractivity contribution is 0.0715. The summed E-state index contributed by atoms with van der Waals surface area (Å²) in [5, 5.41) is 5.99. The Morgan fingerprint density at radius 3 is 3.08 bits per heavy atom. The van der Waals surface area contributed by atoms with Gasteiger partial charge in [-0.05, 0) is 36.4 Å². The van der Waals surface area contributed by atoms with Crippen LogP contribution in [0.25, 0.3) is 11.4 Å². The van der Waals surface area contributed by atoms with Crippen molar-refractivity contribution in [2.75, 3.05) is 13.7 Å². The fourth-order valence-electron chi connectivity index (χ4n) is 3.06. The summed E-state index contributed by atoms with van der Waals surface area (Å²) in [6, 6.07) is 11.1. The van der Waals surface area contributed by atoms with Crippen molar-refractivity contribution in [2.24, 2.45) is 0 Å². The van der Waals surface area contributed by atoms with E-state index in [1.165, 1.54) is 11.3 Å². The van der Waals surface area contributed by atoms with Gasteiger partial charge in [0.25, 0.3) is 5.91 Å². The number of amides is 1. The van der Waals surface area contributed by atoms with E-state index >= 15 is 0 Å². The number of carbonyl (C=O) groups excluding carboxylic acids is 1. The van der Waals surface area contributed by atoms with Crippen molar-refractivity contribution in [1.29, 1.82) is 0 Å². The average molecular weight is 355 g/mol. The van der Waals surface area contributed by atoms with Crippen LogP contribution >= 0.6 is 11.3 Å². The number of nitrogens with zero attached hydrogens (tertiary/aromatic N) is 3. The Kier molecular flexibility index (Phi) is 4.23. The predicted molar refractivity (Wildman–Crippen MR) is 93.6 cm³/mol. The van der Waals surface area contributed by atoms with Crippen molar-refractivity contribution in [3.8, 4) is 17.1 Å². The summed E-state index contributed by atoms with van der Waals surface area (Å²) < 4.78 is 10.7. The molecule has 4 rings (SSSR count). The van der Waals surface area contributed by atoms with E-state index in [1.54, 1.807) is 7.11 Å². The third kappa shape index (κ3) is 3.02. The maximum atomic E-state index is 12.7. The van der Waals surface area contributed by atoms with E-state index in [0.29, 0.717) is 18.3 Å². The molecule has 0 spiro atoms. The van der Waals surface area contributed by atoms with Crippen molar-refractivity contribution in [2.45, 2.75) is 18.9 Å². The molecule has 3 heterocycles. The molecule has 0 saturated carbocycles. The Morgan fingerprint density at radius 1 is 1.36 bits per heavy atom. The number of hydrogen-bond donors (Lipinski definition) is 0. The number of aromatic nitrogens is 2. The number of methoxy groups -OCH3 is 1. The number of thiophene rings is 1. The fraction of sp³-hybridized carbons (Fsp3) is 0.278. The van der Waals surface area contributed by atoms with E-state index in [-0.39, 0.29) is 11.9 Å². The number of benzene rings is 1. The number of likely N-dealkylation sites (tertiary alicyclic amines) is 1. The minimum absolute atomic E-state index is 0.0265. The summed E-state index contributed by atoms with van der Waals surface area (Å²) in [5.41, 5.74) is 0.823. The molecule has 6 nitrogen and oxygen atoms in total. The Balaban J connectivity index is 1.59. The molecule has 1 unspecified atom stereocenters. The standard InChI is InChI=1S/C18H17N3O3S/c1-23-13-6-2-5-12(11-13)16-19-17(24-20-16)14-7-3-9-21(14)18(22)15-8-4-10-25-15/h2,4-6,8,10-11,14H,3,7,9H2,1H3. The summed E-state index contributed by atoms with van der Waals surface area (Å²) in [7, 11) is 1.62. The molecular weight excluding hydrogens is 338 g/mol. The first-order valence-corrected chi connectivity index (χ1v) is 8.97. The van der Waals surface area contributed by atoms with Crippen LogP contribution < -0.4 is 4.74 Å². The average Bonchev–Trinajstić information content (AvgIpc) is 3.41. The largest absolute Gasteiger partial charge is 0.497 e. The van der Waals surface area contributed by atoms with Crippen molar-refractivity contribution in [3.05, 3.63) is 52.5 Å². The Labute approximate surface area is 149 Å². The van der Waals surface area contributed by atoms with E-state index < -0.39 is 0 Å². The highest BCUT2D eigenvalue weighted by atomic mass is 32.1. The van der Waals surface area contributed by atoms with Crippen LogP contribution in [0.2, 0.25) is 0 Å². The van der Waals surface area contributed by atoms with E-state index in [1.807, 2.05) is 46.7 Å². The minimum atomic E-state index is -0.165. The lowest BCUT2D eigenvalue weighted by Gasteiger charge is -2.20. The molecule has 1 aromatic carbocycles. The number of carbonyl (C=O) groups is 1. The molecule has 1 saturated heterocycles. The van der Waals surface area contributed by atoms with Crippen LogP contribution in [0.15, 0.2) is 46.3 Å². The van der Waals surface area contributed by atoms with Gasteiger partial charge >= 0.3 is 0 Å². The maximum Gasteiger partial charge on any atom is 0.264 e. The molecule has 25 heavy (non-hydrogen) atoms. The molecule has 3 aromatic rings. The van der Waals surface area contributed by atoms with Gasteiger partial charge in [0, 0.05) is 12.1 Å². The molecule has 1 aliphatic heterocycles. The monoisotopic (exact) mass is 355 g/mol. The minimum Gasteiger partial charge on any atom is -0.497 e. The van der Waals surface area contributed by atoms with Gasteiger partial charge in [-0.15, -0.1) is 11.3 Å². The second kappa shape index (κ2) is 6.68.